The normalized spacial score (nSPS) is 11.0. The van der Waals surface area contributed by atoms with Gasteiger partial charge >= 0.3 is 0 Å². The summed E-state index contributed by atoms with van der Waals surface area (Å²) in [6, 6.07) is 4.45. The molecule has 0 aliphatic carbocycles. The van der Waals surface area contributed by atoms with Crippen LogP contribution in [0.25, 0.3) is 0 Å². The van der Waals surface area contributed by atoms with E-state index in [1.165, 1.54) is 25.3 Å². The maximum Gasteiger partial charge on any atom is 0.254 e. The number of aromatic nitrogens is 1. The van der Waals surface area contributed by atoms with Gasteiger partial charge in [0.2, 0.25) is 11.6 Å². The van der Waals surface area contributed by atoms with Gasteiger partial charge in [-0.3, -0.25) is 5.43 Å². The van der Waals surface area contributed by atoms with Crippen LogP contribution in [-0.2, 0) is 0 Å². The second-order valence-corrected chi connectivity index (χ2v) is 3.96. The molecule has 2 rings (SSSR count). The van der Waals surface area contributed by atoms with Crippen LogP contribution in [0.3, 0.4) is 0 Å². The van der Waals surface area contributed by atoms with E-state index in [2.05, 4.69) is 10.1 Å². The van der Waals surface area contributed by atoms with Crippen molar-refractivity contribution in [3.63, 3.8) is 0 Å². The predicted molar refractivity (Wildman–Crippen MR) is 69.9 cm³/mol. The number of ether oxygens (including phenoxy) is 1. The number of phenols is 1. The van der Waals surface area contributed by atoms with Gasteiger partial charge in [0, 0.05) is 5.56 Å². The van der Waals surface area contributed by atoms with Crippen LogP contribution in [0.5, 0.6) is 11.5 Å². The Labute approximate surface area is 121 Å². The van der Waals surface area contributed by atoms with E-state index in [0.29, 0.717) is 0 Å². The van der Waals surface area contributed by atoms with Gasteiger partial charge in [-0.1, -0.05) is 6.07 Å². The summed E-state index contributed by atoms with van der Waals surface area (Å²) in [4.78, 5) is 2.40. The minimum Gasteiger partial charge on any atom is -0.504 e. The van der Waals surface area contributed by atoms with Crippen LogP contribution in [0.2, 0.25) is 0 Å². The summed E-state index contributed by atoms with van der Waals surface area (Å²) in [5.74, 6) is -7.15. The highest BCUT2D eigenvalue weighted by Crippen LogP contribution is 2.28. The highest BCUT2D eigenvalue weighted by molar-refractivity contribution is 5.85. The van der Waals surface area contributed by atoms with Crippen LogP contribution in [0.15, 0.2) is 23.3 Å². The summed E-state index contributed by atoms with van der Waals surface area (Å²) in [5.41, 5.74) is 0.843. The lowest BCUT2D eigenvalue weighted by molar-refractivity contribution is 0.373. The number of halogens is 4. The summed E-state index contributed by atoms with van der Waals surface area (Å²) in [5, 5.41) is 13.2. The molecule has 0 fully saturated rings. The first kappa shape index (κ1) is 15.5. The van der Waals surface area contributed by atoms with Crippen molar-refractivity contribution in [3.05, 3.63) is 47.3 Å². The SMILES string of the molecule is COc1cccc(/C=N/Nc2c(F)c(F)nc(F)c2F)c1O. The number of hydrogen-bond acceptors (Lipinski definition) is 5. The topological polar surface area (TPSA) is 66.7 Å². The van der Waals surface area contributed by atoms with Crippen molar-refractivity contribution in [2.45, 2.75) is 0 Å². The van der Waals surface area contributed by atoms with Crippen molar-refractivity contribution in [1.82, 2.24) is 4.98 Å². The number of nitrogens with one attached hydrogen (secondary N) is 1. The van der Waals surface area contributed by atoms with E-state index >= 15 is 0 Å². The first-order valence-electron chi connectivity index (χ1n) is 5.80. The van der Waals surface area contributed by atoms with Gasteiger partial charge in [-0.25, -0.2) is 0 Å². The zero-order chi connectivity index (χ0) is 16.3. The molecule has 0 spiro atoms. The molecule has 22 heavy (non-hydrogen) atoms. The van der Waals surface area contributed by atoms with E-state index in [-0.39, 0.29) is 17.1 Å². The largest absolute Gasteiger partial charge is 0.504 e. The minimum atomic E-state index is -1.80. The van der Waals surface area contributed by atoms with E-state index in [1.54, 1.807) is 0 Å². The molecular formula is C13H9F4N3O2. The molecule has 1 heterocycles. The van der Waals surface area contributed by atoms with Crippen molar-refractivity contribution in [2.75, 3.05) is 12.5 Å². The molecular weight excluding hydrogens is 306 g/mol. The van der Waals surface area contributed by atoms with Crippen LogP contribution >= 0.6 is 0 Å². The van der Waals surface area contributed by atoms with Crippen molar-refractivity contribution < 1.29 is 27.4 Å². The van der Waals surface area contributed by atoms with E-state index < -0.39 is 29.2 Å². The van der Waals surface area contributed by atoms with E-state index in [4.69, 9.17) is 4.74 Å². The Bertz CT molecular complexity index is 711. The fourth-order valence-electron chi connectivity index (χ4n) is 1.56. The zero-order valence-electron chi connectivity index (χ0n) is 11.1. The van der Waals surface area contributed by atoms with Gasteiger partial charge in [-0.15, -0.1) is 0 Å². The van der Waals surface area contributed by atoms with E-state index in [1.807, 2.05) is 5.43 Å². The first-order chi connectivity index (χ1) is 10.5. The van der Waals surface area contributed by atoms with Crippen LogP contribution in [-0.4, -0.2) is 23.4 Å². The second kappa shape index (κ2) is 6.29. The minimum absolute atomic E-state index is 0.155. The van der Waals surface area contributed by atoms with Gasteiger partial charge in [0.05, 0.1) is 13.3 Å². The van der Waals surface area contributed by atoms with Gasteiger partial charge in [-0.05, 0) is 12.1 Å². The van der Waals surface area contributed by atoms with Gasteiger partial charge in [-0.2, -0.15) is 27.6 Å². The molecule has 0 amide bonds. The number of methoxy groups -OCH3 is 1. The standard InChI is InChI=1S/C13H9F4N3O2/c1-22-7-4-2-3-6(11(7)21)5-18-20-10-8(14)12(16)19-13(17)9(10)15/h2-5,21H,1H3,(H,19,20)/b18-5+. The Morgan fingerprint density at radius 2 is 1.82 bits per heavy atom. The molecule has 9 heteroatoms. The number of benzene rings is 1. The smallest absolute Gasteiger partial charge is 0.254 e. The molecule has 0 aliphatic heterocycles. The summed E-state index contributed by atoms with van der Waals surface area (Å²) < 4.78 is 57.3. The molecule has 5 nitrogen and oxygen atoms in total. The third-order valence-corrected chi connectivity index (χ3v) is 2.63. The highest BCUT2D eigenvalue weighted by atomic mass is 19.2. The molecule has 0 aliphatic rings. The second-order valence-electron chi connectivity index (χ2n) is 3.96. The van der Waals surface area contributed by atoms with Gasteiger partial charge in [0.15, 0.2) is 11.5 Å². The van der Waals surface area contributed by atoms with Crippen LogP contribution < -0.4 is 10.2 Å². The number of nitrogens with zero attached hydrogens (tertiary/aromatic N) is 2. The summed E-state index contributed by atoms with van der Waals surface area (Å²) in [6.45, 7) is 0. The van der Waals surface area contributed by atoms with Crippen molar-refractivity contribution >= 4 is 11.9 Å². The van der Waals surface area contributed by atoms with Crippen LogP contribution in [0.4, 0.5) is 23.2 Å². The molecule has 2 aromatic rings. The maximum atomic E-state index is 13.3. The number of para-hydroxylation sites is 1. The lowest BCUT2D eigenvalue weighted by atomic mass is 10.2. The molecule has 0 atom stereocenters. The third-order valence-electron chi connectivity index (χ3n) is 2.63. The van der Waals surface area contributed by atoms with Gasteiger partial charge in [0.25, 0.3) is 11.9 Å². The number of phenolic OH excluding ortho intramolecular Hbond substituents is 1. The number of anilines is 1. The first-order valence-corrected chi connectivity index (χ1v) is 5.80. The molecule has 2 N–H and O–H groups in total. The monoisotopic (exact) mass is 315 g/mol. The average Bonchev–Trinajstić information content (AvgIpc) is 2.50. The van der Waals surface area contributed by atoms with Crippen molar-refractivity contribution in [2.24, 2.45) is 5.10 Å². The van der Waals surface area contributed by atoms with E-state index in [0.717, 1.165) is 6.21 Å². The number of aromatic hydroxyl groups is 1. The predicted octanol–water partition coefficient (Wildman–Crippen LogP) is 2.80. The molecule has 0 radical (unpaired) electrons. The summed E-state index contributed by atoms with van der Waals surface area (Å²) >= 11 is 0. The molecule has 0 bridgehead atoms. The molecule has 116 valence electrons. The van der Waals surface area contributed by atoms with Crippen molar-refractivity contribution in [3.8, 4) is 11.5 Å². The Hall–Kier alpha value is -2.84. The fraction of sp³-hybridized carbons (Fsp3) is 0.0769. The van der Waals surface area contributed by atoms with Crippen molar-refractivity contribution in [1.29, 1.82) is 0 Å². The summed E-state index contributed by atoms with van der Waals surface area (Å²) in [6.07, 6.45) is 0.993. The van der Waals surface area contributed by atoms with Gasteiger partial charge in [0.1, 0.15) is 5.69 Å². The number of hydrazone groups is 1. The summed E-state index contributed by atoms with van der Waals surface area (Å²) in [7, 11) is 1.33. The number of rotatable bonds is 4. The number of hydrogen-bond donors (Lipinski definition) is 2. The molecule has 1 aromatic heterocycles. The Kier molecular flexibility index (Phi) is 4.44. The van der Waals surface area contributed by atoms with E-state index in [9.17, 15) is 22.7 Å². The number of pyridine rings is 1. The van der Waals surface area contributed by atoms with Gasteiger partial charge < -0.3 is 9.84 Å². The highest BCUT2D eigenvalue weighted by Gasteiger charge is 2.20. The maximum absolute atomic E-state index is 13.3. The molecule has 0 saturated carbocycles. The molecule has 0 saturated heterocycles. The van der Waals surface area contributed by atoms with Crippen LogP contribution in [0.1, 0.15) is 5.56 Å². The Morgan fingerprint density at radius 1 is 1.18 bits per heavy atom. The third kappa shape index (κ3) is 2.92. The van der Waals surface area contributed by atoms with Crippen LogP contribution in [0, 0.1) is 23.5 Å². The molecule has 1 aromatic carbocycles. The molecule has 0 unspecified atom stereocenters. The average molecular weight is 315 g/mol. The quantitative estimate of drug-likeness (QED) is 0.394. The Morgan fingerprint density at radius 3 is 2.41 bits per heavy atom. The fourth-order valence-corrected chi connectivity index (χ4v) is 1.56. The zero-order valence-corrected chi connectivity index (χ0v) is 11.1. The Balaban J connectivity index is 2.28. The lowest BCUT2D eigenvalue weighted by Crippen LogP contribution is -2.05. The lowest BCUT2D eigenvalue weighted by Gasteiger charge is -2.06.